The van der Waals surface area contributed by atoms with E-state index in [4.69, 9.17) is 32.4 Å². The molecule has 0 unspecified atom stereocenters. The third-order valence-corrected chi connectivity index (χ3v) is 8.96. The van der Waals surface area contributed by atoms with Gasteiger partial charge >= 0.3 is 5.97 Å². The Bertz CT molecular complexity index is 1190. The van der Waals surface area contributed by atoms with Crippen LogP contribution in [0.25, 0.3) is 11.5 Å². The first-order valence-corrected chi connectivity index (χ1v) is 13.4. The molecule has 1 heterocycles. The van der Waals surface area contributed by atoms with Crippen molar-refractivity contribution in [2.24, 2.45) is 17.8 Å². The van der Waals surface area contributed by atoms with E-state index in [1.807, 2.05) is 12.1 Å². The van der Waals surface area contributed by atoms with Crippen LogP contribution in [-0.4, -0.2) is 21.9 Å². The Morgan fingerprint density at radius 1 is 1.00 bits per heavy atom. The first kappa shape index (κ1) is 22.4. The molecule has 4 aliphatic rings. The Kier molecular flexibility index (Phi) is 5.87. The molecule has 4 fully saturated rings. The van der Waals surface area contributed by atoms with Crippen molar-refractivity contribution in [2.45, 2.75) is 49.2 Å². The van der Waals surface area contributed by atoms with Gasteiger partial charge in [-0.1, -0.05) is 47.1 Å². The van der Waals surface area contributed by atoms with Crippen molar-refractivity contribution in [3.05, 3.63) is 58.1 Å². The van der Waals surface area contributed by atoms with Gasteiger partial charge < -0.3 is 9.15 Å². The van der Waals surface area contributed by atoms with E-state index in [-0.39, 0.29) is 22.8 Å². The molecule has 2 aromatic carbocycles. The summed E-state index contributed by atoms with van der Waals surface area (Å²) in [7, 11) is 0. The lowest BCUT2D eigenvalue weighted by Crippen LogP contribution is -2.48. The van der Waals surface area contributed by atoms with Crippen LogP contribution in [0.1, 0.15) is 44.1 Å². The molecule has 0 atom stereocenters. The maximum absolute atomic E-state index is 12.4. The van der Waals surface area contributed by atoms with Crippen LogP contribution in [0.15, 0.2) is 52.1 Å². The molecule has 1 aromatic heterocycles. The zero-order chi connectivity index (χ0) is 23.3. The van der Waals surface area contributed by atoms with Crippen LogP contribution in [0.4, 0.5) is 0 Å². The van der Waals surface area contributed by atoms with Gasteiger partial charge in [0.05, 0.1) is 10.6 Å². The average Bonchev–Trinajstić information content (AvgIpc) is 3.26. The van der Waals surface area contributed by atoms with Gasteiger partial charge in [0.25, 0.3) is 5.22 Å². The summed E-state index contributed by atoms with van der Waals surface area (Å²) in [6.45, 7) is 0. The number of benzene rings is 2. The van der Waals surface area contributed by atoms with Crippen LogP contribution in [0.2, 0.25) is 10.0 Å². The smallest absolute Gasteiger partial charge is 0.321 e. The molecule has 0 amide bonds. The summed E-state index contributed by atoms with van der Waals surface area (Å²) in [6.07, 6.45) is 8.26. The lowest BCUT2D eigenvalue weighted by Gasteiger charge is -2.57. The van der Waals surface area contributed by atoms with Crippen LogP contribution >= 0.6 is 35.0 Å². The third kappa shape index (κ3) is 4.36. The van der Waals surface area contributed by atoms with E-state index in [2.05, 4.69) is 22.3 Å². The monoisotopic (exact) mass is 514 g/mol. The maximum atomic E-state index is 12.4. The standard InChI is InChI=1S/C26H24Cl2N2O3S/c27-19-3-6-21(22(28)10-19)24-29-30-25(33-24)34-14-23(31)32-20-4-1-18(2-5-20)26-11-15-7-16(12-26)9-17(8-15)13-26/h1-6,10,15-17H,7-9,11-14H2. The van der Waals surface area contributed by atoms with E-state index in [9.17, 15) is 4.79 Å². The van der Waals surface area contributed by atoms with Gasteiger partial charge in [-0.15, -0.1) is 10.2 Å². The molecule has 5 nitrogen and oxygen atoms in total. The first-order valence-electron chi connectivity index (χ1n) is 11.7. The predicted molar refractivity (Wildman–Crippen MR) is 132 cm³/mol. The third-order valence-electron chi connectivity index (χ3n) is 7.62. The van der Waals surface area contributed by atoms with Gasteiger partial charge in [-0.05, 0) is 97.6 Å². The number of carbonyl (C=O) groups is 1. The Balaban J connectivity index is 1.06. The molecule has 34 heavy (non-hydrogen) atoms. The van der Waals surface area contributed by atoms with Crippen molar-refractivity contribution in [3.63, 3.8) is 0 Å². The second kappa shape index (κ2) is 8.89. The summed E-state index contributed by atoms with van der Waals surface area (Å²) in [5, 5.41) is 9.21. The van der Waals surface area contributed by atoms with Crippen LogP contribution in [0, 0.1) is 17.8 Å². The van der Waals surface area contributed by atoms with Crippen molar-refractivity contribution >= 4 is 40.9 Å². The second-order valence-corrected chi connectivity index (χ2v) is 11.8. The molecule has 7 rings (SSSR count). The minimum atomic E-state index is -0.364. The van der Waals surface area contributed by atoms with Gasteiger partial charge in [0, 0.05) is 5.02 Å². The lowest BCUT2D eigenvalue weighted by atomic mass is 9.48. The fourth-order valence-corrected chi connectivity index (χ4v) is 7.69. The molecule has 176 valence electrons. The average molecular weight is 515 g/mol. The number of halogens is 2. The normalized spacial score (nSPS) is 27.2. The van der Waals surface area contributed by atoms with E-state index >= 15 is 0 Å². The Hall–Kier alpha value is -2.02. The molecule has 0 N–H and O–H groups in total. The quantitative estimate of drug-likeness (QED) is 0.196. The number of esters is 1. The highest BCUT2D eigenvalue weighted by molar-refractivity contribution is 7.99. The Morgan fingerprint density at radius 3 is 2.32 bits per heavy atom. The number of hydrogen-bond acceptors (Lipinski definition) is 6. The highest BCUT2D eigenvalue weighted by atomic mass is 35.5. The number of hydrogen-bond donors (Lipinski definition) is 0. The van der Waals surface area contributed by atoms with E-state index in [0.717, 1.165) is 29.5 Å². The van der Waals surface area contributed by atoms with Crippen molar-refractivity contribution in [2.75, 3.05) is 5.75 Å². The van der Waals surface area contributed by atoms with Crippen LogP contribution in [-0.2, 0) is 10.2 Å². The van der Waals surface area contributed by atoms with Crippen molar-refractivity contribution in [1.29, 1.82) is 0 Å². The van der Waals surface area contributed by atoms with Gasteiger partial charge in [0.2, 0.25) is 5.89 Å². The van der Waals surface area contributed by atoms with Crippen molar-refractivity contribution in [1.82, 2.24) is 10.2 Å². The summed E-state index contributed by atoms with van der Waals surface area (Å²) in [4.78, 5) is 12.4. The molecule has 0 spiro atoms. The van der Waals surface area contributed by atoms with E-state index < -0.39 is 0 Å². The van der Waals surface area contributed by atoms with E-state index in [0.29, 0.717) is 26.8 Å². The molecule has 4 aliphatic carbocycles. The topological polar surface area (TPSA) is 65.2 Å². The molecule has 0 radical (unpaired) electrons. The summed E-state index contributed by atoms with van der Waals surface area (Å²) in [5.74, 6) is 3.25. The van der Waals surface area contributed by atoms with Crippen LogP contribution in [0.5, 0.6) is 5.75 Å². The summed E-state index contributed by atoms with van der Waals surface area (Å²) in [5.41, 5.74) is 2.35. The van der Waals surface area contributed by atoms with Gasteiger partial charge in [0.1, 0.15) is 11.5 Å². The zero-order valence-electron chi connectivity index (χ0n) is 18.5. The SMILES string of the molecule is O=C(CSc1nnc(-c2ccc(Cl)cc2Cl)o1)Oc1ccc(C23CC4CC(CC(C4)C2)C3)cc1. The Morgan fingerprint density at radius 2 is 1.68 bits per heavy atom. The number of aromatic nitrogens is 2. The maximum Gasteiger partial charge on any atom is 0.321 e. The van der Waals surface area contributed by atoms with Gasteiger partial charge in [0.15, 0.2) is 0 Å². The Labute approximate surface area is 212 Å². The predicted octanol–water partition coefficient (Wildman–Crippen LogP) is 7.21. The molecule has 8 heteroatoms. The fraction of sp³-hybridized carbons (Fsp3) is 0.423. The van der Waals surface area contributed by atoms with Gasteiger partial charge in [-0.25, -0.2) is 0 Å². The van der Waals surface area contributed by atoms with E-state index in [1.165, 1.54) is 44.1 Å². The fourth-order valence-electron chi connectivity index (χ4n) is 6.66. The number of nitrogens with zero attached hydrogens (tertiary/aromatic N) is 2. The summed E-state index contributed by atoms with van der Waals surface area (Å²) < 4.78 is 11.2. The number of thioether (sulfide) groups is 1. The minimum absolute atomic E-state index is 0.0622. The number of rotatable bonds is 6. The van der Waals surface area contributed by atoms with Crippen LogP contribution < -0.4 is 4.74 Å². The molecular formula is C26H24Cl2N2O3S. The van der Waals surface area contributed by atoms with Gasteiger partial charge in [-0.3, -0.25) is 4.79 Å². The lowest BCUT2D eigenvalue weighted by molar-refractivity contribution is -0.131. The highest BCUT2D eigenvalue weighted by Crippen LogP contribution is 2.60. The molecule has 4 bridgehead atoms. The summed E-state index contributed by atoms with van der Waals surface area (Å²) >= 11 is 13.3. The molecule has 0 saturated heterocycles. The largest absolute Gasteiger partial charge is 0.426 e. The minimum Gasteiger partial charge on any atom is -0.426 e. The molecular weight excluding hydrogens is 491 g/mol. The van der Waals surface area contributed by atoms with Gasteiger partial charge in [-0.2, -0.15) is 0 Å². The zero-order valence-corrected chi connectivity index (χ0v) is 20.8. The van der Waals surface area contributed by atoms with Crippen molar-refractivity contribution in [3.8, 4) is 17.2 Å². The molecule has 3 aromatic rings. The summed E-state index contributed by atoms with van der Waals surface area (Å²) in [6, 6.07) is 13.2. The first-order chi connectivity index (χ1) is 16.5. The van der Waals surface area contributed by atoms with Crippen molar-refractivity contribution < 1.29 is 13.9 Å². The number of ether oxygens (including phenoxy) is 1. The van der Waals surface area contributed by atoms with Crippen LogP contribution in [0.3, 0.4) is 0 Å². The molecule has 4 saturated carbocycles. The van der Waals surface area contributed by atoms with E-state index in [1.54, 1.807) is 18.2 Å². The highest BCUT2D eigenvalue weighted by Gasteiger charge is 2.51. The number of carbonyl (C=O) groups excluding carboxylic acids is 1. The molecule has 0 aliphatic heterocycles. The second-order valence-electron chi connectivity index (χ2n) is 9.98.